The van der Waals surface area contributed by atoms with Gasteiger partial charge < -0.3 is 15.3 Å². The zero-order chi connectivity index (χ0) is 19.2. The van der Waals surface area contributed by atoms with Crippen molar-refractivity contribution >= 4 is 34.8 Å². The molecular formula is C20H23Cl2N3O2. The molecule has 0 aliphatic carbocycles. The lowest BCUT2D eigenvalue weighted by atomic mass is 10.1. The lowest BCUT2D eigenvalue weighted by Gasteiger charge is -2.35. The van der Waals surface area contributed by atoms with Gasteiger partial charge in [-0.05, 0) is 48.4 Å². The van der Waals surface area contributed by atoms with Gasteiger partial charge in [0.15, 0.2) is 0 Å². The van der Waals surface area contributed by atoms with Gasteiger partial charge in [0.05, 0.1) is 6.54 Å². The summed E-state index contributed by atoms with van der Waals surface area (Å²) < 4.78 is 0. The van der Waals surface area contributed by atoms with E-state index in [4.69, 9.17) is 23.2 Å². The number of nitrogens with one attached hydrogen (secondary N) is 1. The highest BCUT2D eigenvalue weighted by Gasteiger charge is 2.19. The van der Waals surface area contributed by atoms with Crippen molar-refractivity contribution in [3.8, 4) is 5.75 Å². The fourth-order valence-electron chi connectivity index (χ4n) is 3.15. The Balaban J connectivity index is 1.38. The van der Waals surface area contributed by atoms with Gasteiger partial charge in [-0.3, -0.25) is 9.69 Å². The normalized spacial score (nSPS) is 15.0. The van der Waals surface area contributed by atoms with Gasteiger partial charge in [-0.1, -0.05) is 29.3 Å². The van der Waals surface area contributed by atoms with Crippen LogP contribution in [0.25, 0.3) is 0 Å². The van der Waals surface area contributed by atoms with Crippen LogP contribution in [-0.2, 0) is 11.2 Å². The highest BCUT2D eigenvalue weighted by molar-refractivity contribution is 6.35. The molecular weight excluding hydrogens is 385 g/mol. The van der Waals surface area contributed by atoms with Crippen molar-refractivity contribution in [1.82, 2.24) is 10.2 Å². The molecule has 7 heteroatoms. The minimum atomic E-state index is 0.0261. The number of piperazine rings is 1. The maximum atomic E-state index is 12.2. The molecule has 2 aromatic carbocycles. The Morgan fingerprint density at radius 3 is 2.41 bits per heavy atom. The zero-order valence-electron chi connectivity index (χ0n) is 15.0. The van der Waals surface area contributed by atoms with Crippen molar-refractivity contribution in [2.75, 3.05) is 44.2 Å². The number of phenols is 1. The summed E-state index contributed by atoms with van der Waals surface area (Å²) in [6, 6.07) is 12.6. The van der Waals surface area contributed by atoms with E-state index in [0.717, 1.165) is 37.4 Å². The summed E-state index contributed by atoms with van der Waals surface area (Å²) in [6.07, 6.45) is 0.677. The van der Waals surface area contributed by atoms with Crippen LogP contribution in [0.4, 0.5) is 5.69 Å². The molecule has 2 N–H and O–H groups in total. The summed E-state index contributed by atoms with van der Waals surface area (Å²) >= 11 is 12.0. The molecule has 1 aliphatic rings. The van der Waals surface area contributed by atoms with Crippen molar-refractivity contribution in [2.24, 2.45) is 0 Å². The third-order valence-electron chi connectivity index (χ3n) is 4.69. The molecule has 0 saturated carbocycles. The molecule has 0 unspecified atom stereocenters. The van der Waals surface area contributed by atoms with Crippen LogP contribution < -0.4 is 10.2 Å². The second kappa shape index (κ2) is 9.31. The van der Waals surface area contributed by atoms with Crippen molar-refractivity contribution in [3.05, 3.63) is 58.1 Å². The molecule has 1 saturated heterocycles. The van der Waals surface area contributed by atoms with Crippen molar-refractivity contribution in [3.63, 3.8) is 0 Å². The number of carbonyl (C=O) groups is 1. The molecule has 0 atom stereocenters. The average molecular weight is 408 g/mol. The molecule has 5 nitrogen and oxygen atoms in total. The number of nitrogens with zero attached hydrogens (tertiary/aromatic N) is 2. The number of benzene rings is 2. The second-order valence-corrected chi connectivity index (χ2v) is 7.46. The van der Waals surface area contributed by atoms with Crippen LogP contribution in [0.1, 0.15) is 5.56 Å². The van der Waals surface area contributed by atoms with E-state index in [0.29, 0.717) is 29.6 Å². The monoisotopic (exact) mass is 407 g/mol. The number of hydrogen-bond acceptors (Lipinski definition) is 4. The van der Waals surface area contributed by atoms with Crippen LogP contribution in [-0.4, -0.2) is 55.2 Å². The lowest BCUT2D eigenvalue weighted by molar-refractivity contribution is -0.122. The first-order valence-corrected chi connectivity index (χ1v) is 9.74. The molecule has 144 valence electrons. The fraction of sp³-hybridized carbons (Fsp3) is 0.350. The molecule has 1 fully saturated rings. The van der Waals surface area contributed by atoms with E-state index in [9.17, 15) is 9.90 Å². The third kappa shape index (κ3) is 5.76. The molecule has 0 spiro atoms. The Morgan fingerprint density at radius 2 is 1.74 bits per heavy atom. The fourth-order valence-corrected chi connectivity index (χ4v) is 3.65. The van der Waals surface area contributed by atoms with Gasteiger partial charge in [0.2, 0.25) is 5.91 Å². The van der Waals surface area contributed by atoms with E-state index >= 15 is 0 Å². The Kier molecular flexibility index (Phi) is 6.83. The summed E-state index contributed by atoms with van der Waals surface area (Å²) in [4.78, 5) is 16.6. The highest BCUT2D eigenvalue weighted by Crippen LogP contribution is 2.21. The zero-order valence-corrected chi connectivity index (χ0v) is 16.5. The minimum Gasteiger partial charge on any atom is -0.508 e. The first-order valence-electron chi connectivity index (χ1n) is 8.98. The number of halogens is 2. The van der Waals surface area contributed by atoms with E-state index < -0.39 is 0 Å². The Morgan fingerprint density at radius 1 is 1.04 bits per heavy atom. The molecule has 1 amide bonds. The number of hydrogen-bond donors (Lipinski definition) is 2. The summed E-state index contributed by atoms with van der Waals surface area (Å²) in [5.74, 6) is 0.298. The first-order chi connectivity index (χ1) is 13.0. The number of amides is 1. The van der Waals surface area contributed by atoms with Crippen molar-refractivity contribution in [2.45, 2.75) is 6.42 Å². The van der Waals surface area contributed by atoms with Gasteiger partial charge in [0, 0.05) is 48.5 Å². The van der Waals surface area contributed by atoms with E-state index in [2.05, 4.69) is 15.1 Å². The maximum Gasteiger partial charge on any atom is 0.234 e. The number of carbonyl (C=O) groups excluding carboxylic acids is 1. The van der Waals surface area contributed by atoms with Gasteiger partial charge in [0.1, 0.15) is 5.75 Å². The van der Waals surface area contributed by atoms with Crippen LogP contribution in [0.15, 0.2) is 42.5 Å². The minimum absolute atomic E-state index is 0.0261. The SMILES string of the molecule is O=C(CN1CCN(c2ccc(O)cc2)CC1)NCCc1ccc(Cl)cc1Cl. The summed E-state index contributed by atoms with van der Waals surface area (Å²) in [7, 11) is 0. The summed E-state index contributed by atoms with van der Waals surface area (Å²) in [5.41, 5.74) is 2.07. The van der Waals surface area contributed by atoms with Crippen LogP contribution >= 0.6 is 23.2 Å². The largest absolute Gasteiger partial charge is 0.508 e. The second-order valence-electron chi connectivity index (χ2n) is 6.62. The molecule has 1 aliphatic heterocycles. The third-order valence-corrected chi connectivity index (χ3v) is 5.27. The molecule has 27 heavy (non-hydrogen) atoms. The van der Waals surface area contributed by atoms with Gasteiger partial charge in [-0.2, -0.15) is 0 Å². The Bertz CT molecular complexity index is 775. The predicted molar refractivity (Wildman–Crippen MR) is 110 cm³/mol. The molecule has 1 heterocycles. The standard InChI is InChI=1S/C20H23Cl2N3O2/c21-16-2-1-15(19(22)13-16)7-8-23-20(27)14-24-9-11-25(12-10-24)17-3-5-18(26)6-4-17/h1-6,13,26H,7-12,14H2,(H,23,27). The highest BCUT2D eigenvalue weighted by atomic mass is 35.5. The Labute approximate surface area is 169 Å². The molecule has 2 aromatic rings. The van der Waals surface area contributed by atoms with Gasteiger partial charge in [0.25, 0.3) is 0 Å². The quantitative estimate of drug-likeness (QED) is 0.771. The van der Waals surface area contributed by atoms with Crippen LogP contribution in [0, 0.1) is 0 Å². The van der Waals surface area contributed by atoms with E-state index in [1.54, 1.807) is 24.3 Å². The van der Waals surface area contributed by atoms with E-state index in [1.165, 1.54) is 0 Å². The summed E-state index contributed by atoms with van der Waals surface area (Å²) in [5, 5.41) is 13.6. The van der Waals surface area contributed by atoms with Crippen LogP contribution in [0.2, 0.25) is 10.0 Å². The van der Waals surface area contributed by atoms with Crippen molar-refractivity contribution < 1.29 is 9.90 Å². The molecule has 0 bridgehead atoms. The predicted octanol–water partition coefficient (Wildman–Crippen LogP) is 3.18. The van der Waals surface area contributed by atoms with Crippen LogP contribution in [0.3, 0.4) is 0 Å². The Hall–Kier alpha value is -1.95. The van der Waals surface area contributed by atoms with Crippen molar-refractivity contribution in [1.29, 1.82) is 0 Å². The molecule has 3 rings (SSSR count). The average Bonchev–Trinajstić information content (AvgIpc) is 2.65. The number of rotatable bonds is 6. The van der Waals surface area contributed by atoms with Crippen LogP contribution in [0.5, 0.6) is 5.75 Å². The van der Waals surface area contributed by atoms with Gasteiger partial charge in [-0.25, -0.2) is 0 Å². The summed E-state index contributed by atoms with van der Waals surface area (Å²) in [6.45, 7) is 4.33. The number of aromatic hydroxyl groups is 1. The maximum absolute atomic E-state index is 12.2. The smallest absolute Gasteiger partial charge is 0.234 e. The topological polar surface area (TPSA) is 55.8 Å². The van der Waals surface area contributed by atoms with E-state index in [-0.39, 0.29) is 11.7 Å². The van der Waals surface area contributed by atoms with E-state index in [1.807, 2.05) is 18.2 Å². The first kappa shape index (κ1) is 19.8. The molecule has 0 aromatic heterocycles. The van der Waals surface area contributed by atoms with Gasteiger partial charge in [-0.15, -0.1) is 0 Å². The van der Waals surface area contributed by atoms with Gasteiger partial charge >= 0.3 is 0 Å². The number of anilines is 1. The molecule has 0 radical (unpaired) electrons. The number of phenolic OH excluding ortho intramolecular Hbond substituents is 1. The lowest BCUT2D eigenvalue weighted by Crippen LogP contribution is -2.49.